The second-order valence-corrected chi connectivity index (χ2v) is 6.54. The van der Waals surface area contributed by atoms with Crippen molar-refractivity contribution in [1.29, 1.82) is 0 Å². The Morgan fingerprint density at radius 1 is 1.22 bits per heavy atom. The lowest BCUT2D eigenvalue weighted by molar-refractivity contribution is -0.123. The maximum Gasteiger partial charge on any atom is 0.230 e. The fourth-order valence-electron chi connectivity index (χ4n) is 3.72. The van der Waals surface area contributed by atoms with E-state index in [-0.39, 0.29) is 11.8 Å². The Bertz CT molecular complexity index is 730. The van der Waals surface area contributed by atoms with Crippen LogP contribution in [0.2, 0.25) is 0 Å². The molecule has 2 heterocycles. The summed E-state index contributed by atoms with van der Waals surface area (Å²) in [6.07, 6.45) is 7.49. The number of amides is 1. The van der Waals surface area contributed by atoms with Crippen molar-refractivity contribution in [2.24, 2.45) is 13.0 Å². The third kappa shape index (κ3) is 2.50. The largest absolute Gasteiger partial charge is 0.338 e. The van der Waals surface area contributed by atoms with Crippen LogP contribution >= 0.6 is 0 Å². The lowest BCUT2D eigenvalue weighted by Gasteiger charge is -2.29. The highest BCUT2D eigenvalue weighted by Crippen LogP contribution is 2.37. The van der Waals surface area contributed by atoms with Crippen LogP contribution in [-0.4, -0.2) is 15.7 Å². The van der Waals surface area contributed by atoms with Gasteiger partial charge in [0.2, 0.25) is 5.91 Å². The predicted octanol–water partition coefficient (Wildman–Crippen LogP) is 3.59. The molecule has 0 spiro atoms. The number of aryl methyl sites for hydroxylation is 1. The minimum Gasteiger partial charge on any atom is -0.338 e. The van der Waals surface area contributed by atoms with Crippen LogP contribution in [0.4, 0.5) is 17.2 Å². The maximum absolute atomic E-state index is 13.2. The van der Waals surface area contributed by atoms with Gasteiger partial charge in [-0.15, -0.1) is 0 Å². The van der Waals surface area contributed by atoms with Gasteiger partial charge >= 0.3 is 0 Å². The molecule has 1 saturated carbocycles. The number of nitrogens with zero attached hydrogens (tertiary/aromatic N) is 3. The molecule has 1 aliphatic carbocycles. The van der Waals surface area contributed by atoms with Crippen molar-refractivity contribution >= 4 is 23.1 Å². The zero-order valence-corrected chi connectivity index (χ0v) is 13.5. The Kier molecular flexibility index (Phi) is 3.56. The summed E-state index contributed by atoms with van der Waals surface area (Å²) in [5.41, 5.74) is 3.01. The molecule has 1 N–H and O–H groups in total. The van der Waals surface area contributed by atoms with E-state index in [9.17, 15) is 4.79 Å². The molecule has 5 heteroatoms. The number of carbonyl (C=O) groups is 1. The first kappa shape index (κ1) is 14.3. The summed E-state index contributed by atoms with van der Waals surface area (Å²) in [7, 11) is 1.92. The maximum atomic E-state index is 13.2. The van der Waals surface area contributed by atoms with Crippen LogP contribution in [-0.2, 0) is 18.4 Å². The Labute approximate surface area is 136 Å². The van der Waals surface area contributed by atoms with E-state index in [1.165, 1.54) is 19.3 Å². The minimum atomic E-state index is 0.162. The molecule has 0 unspecified atom stereocenters. The van der Waals surface area contributed by atoms with Crippen molar-refractivity contribution < 1.29 is 4.79 Å². The zero-order chi connectivity index (χ0) is 15.8. The van der Waals surface area contributed by atoms with E-state index in [2.05, 4.69) is 10.4 Å². The van der Waals surface area contributed by atoms with Crippen LogP contribution in [0.5, 0.6) is 0 Å². The Hall–Kier alpha value is -2.30. The van der Waals surface area contributed by atoms with E-state index in [1.54, 1.807) is 0 Å². The average molecular weight is 310 g/mol. The number of hydrogen-bond donors (Lipinski definition) is 1. The molecule has 1 fully saturated rings. The van der Waals surface area contributed by atoms with Crippen molar-refractivity contribution in [3.8, 4) is 0 Å². The first-order chi connectivity index (χ1) is 11.2. The van der Waals surface area contributed by atoms with Gasteiger partial charge < -0.3 is 10.2 Å². The number of anilines is 3. The monoisotopic (exact) mass is 310 g/mol. The summed E-state index contributed by atoms with van der Waals surface area (Å²) in [4.78, 5) is 15.1. The highest BCUT2D eigenvalue weighted by molar-refractivity contribution is 5.99. The summed E-state index contributed by atoms with van der Waals surface area (Å²) in [6.45, 7) is 0.586. The lowest BCUT2D eigenvalue weighted by atomic mass is 9.88. The van der Waals surface area contributed by atoms with Crippen molar-refractivity contribution in [2.75, 3.05) is 10.2 Å². The molecule has 0 bridgehead atoms. The number of benzene rings is 1. The molecule has 0 atom stereocenters. The first-order valence-corrected chi connectivity index (χ1v) is 8.42. The molecule has 120 valence electrons. The Morgan fingerprint density at radius 3 is 2.83 bits per heavy atom. The lowest BCUT2D eigenvalue weighted by Crippen LogP contribution is -2.36. The zero-order valence-electron chi connectivity index (χ0n) is 13.5. The van der Waals surface area contributed by atoms with Gasteiger partial charge in [0, 0.05) is 18.5 Å². The SMILES string of the molecule is Cn1ncc2c1Nc1ccccc1N(C(=O)C1CCCCC1)C2. The second kappa shape index (κ2) is 5.72. The molecule has 5 nitrogen and oxygen atoms in total. The number of para-hydroxylation sites is 2. The summed E-state index contributed by atoms with van der Waals surface area (Å²) >= 11 is 0. The summed E-state index contributed by atoms with van der Waals surface area (Å²) in [5.74, 6) is 1.39. The fraction of sp³-hybridized carbons (Fsp3) is 0.444. The minimum absolute atomic E-state index is 0.162. The fourth-order valence-corrected chi connectivity index (χ4v) is 3.72. The van der Waals surface area contributed by atoms with Gasteiger partial charge in [0.25, 0.3) is 0 Å². The quantitative estimate of drug-likeness (QED) is 0.875. The van der Waals surface area contributed by atoms with Gasteiger partial charge in [-0.2, -0.15) is 5.10 Å². The second-order valence-electron chi connectivity index (χ2n) is 6.54. The van der Waals surface area contributed by atoms with E-state index in [0.717, 1.165) is 35.6 Å². The van der Waals surface area contributed by atoms with Crippen molar-refractivity contribution in [3.63, 3.8) is 0 Å². The smallest absolute Gasteiger partial charge is 0.230 e. The molecular formula is C18H22N4O. The molecule has 1 aromatic carbocycles. The van der Waals surface area contributed by atoms with E-state index < -0.39 is 0 Å². The number of carbonyl (C=O) groups excluding carboxylic acids is 1. The number of aromatic nitrogens is 2. The van der Waals surface area contributed by atoms with Crippen LogP contribution in [0, 0.1) is 5.92 Å². The predicted molar refractivity (Wildman–Crippen MR) is 90.7 cm³/mol. The van der Waals surface area contributed by atoms with Gasteiger partial charge in [0.15, 0.2) is 0 Å². The number of fused-ring (bicyclic) bond motifs is 2. The van der Waals surface area contributed by atoms with E-state index in [0.29, 0.717) is 6.54 Å². The molecule has 1 aliphatic heterocycles. The molecule has 0 saturated heterocycles. The van der Waals surface area contributed by atoms with Gasteiger partial charge in [0.05, 0.1) is 24.1 Å². The topological polar surface area (TPSA) is 50.2 Å². The van der Waals surface area contributed by atoms with Crippen LogP contribution in [0.1, 0.15) is 37.7 Å². The van der Waals surface area contributed by atoms with E-state index in [1.807, 2.05) is 47.1 Å². The average Bonchev–Trinajstić information content (AvgIpc) is 2.84. The van der Waals surface area contributed by atoms with E-state index in [4.69, 9.17) is 0 Å². The van der Waals surface area contributed by atoms with Gasteiger partial charge in [0.1, 0.15) is 5.82 Å². The highest BCUT2D eigenvalue weighted by Gasteiger charge is 2.31. The molecule has 23 heavy (non-hydrogen) atoms. The van der Waals surface area contributed by atoms with Crippen molar-refractivity contribution in [3.05, 3.63) is 36.0 Å². The van der Waals surface area contributed by atoms with Crippen molar-refractivity contribution in [2.45, 2.75) is 38.6 Å². The van der Waals surface area contributed by atoms with Crippen molar-refractivity contribution in [1.82, 2.24) is 9.78 Å². The molecule has 2 aliphatic rings. The molecule has 4 rings (SSSR count). The molecule has 1 amide bonds. The summed E-state index contributed by atoms with van der Waals surface area (Å²) in [6, 6.07) is 8.05. The van der Waals surface area contributed by atoms with E-state index >= 15 is 0 Å². The molecule has 0 radical (unpaired) electrons. The number of rotatable bonds is 1. The van der Waals surface area contributed by atoms with Crippen LogP contribution < -0.4 is 10.2 Å². The molecule has 1 aromatic heterocycles. The van der Waals surface area contributed by atoms with Gasteiger partial charge in [-0.05, 0) is 25.0 Å². The molecular weight excluding hydrogens is 288 g/mol. The highest BCUT2D eigenvalue weighted by atomic mass is 16.2. The number of hydrogen-bond acceptors (Lipinski definition) is 3. The normalized spacial score (nSPS) is 17.9. The third-order valence-corrected chi connectivity index (χ3v) is 5.01. The summed E-state index contributed by atoms with van der Waals surface area (Å²) in [5, 5.41) is 7.78. The Balaban J connectivity index is 1.74. The number of nitrogens with one attached hydrogen (secondary N) is 1. The molecule has 2 aromatic rings. The third-order valence-electron chi connectivity index (χ3n) is 5.01. The first-order valence-electron chi connectivity index (χ1n) is 8.42. The van der Waals surface area contributed by atoms with Crippen LogP contribution in [0.15, 0.2) is 30.5 Å². The van der Waals surface area contributed by atoms with Gasteiger partial charge in [-0.3, -0.25) is 9.48 Å². The van der Waals surface area contributed by atoms with Crippen LogP contribution in [0.3, 0.4) is 0 Å². The standard InChI is InChI=1S/C18H22N4O/c1-21-17-14(11-19-21)12-22(16-10-6-5-9-15(16)20-17)18(23)13-7-3-2-4-8-13/h5-6,9-11,13,20H,2-4,7-8,12H2,1H3. The van der Waals surface area contributed by atoms with Gasteiger partial charge in [-0.25, -0.2) is 0 Å². The Morgan fingerprint density at radius 2 is 2.00 bits per heavy atom. The van der Waals surface area contributed by atoms with Gasteiger partial charge in [-0.1, -0.05) is 31.4 Å². The van der Waals surface area contributed by atoms with Crippen LogP contribution in [0.25, 0.3) is 0 Å². The summed E-state index contributed by atoms with van der Waals surface area (Å²) < 4.78 is 1.83.